The molecule has 0 bridgehead atoms. The Morgan fingerprint density at radius 1 is 0.484 bits per heavy atom. The Labute approximate surface area is 393 Å². The van der Waals surface area contributed by atoms with Crippen molar-refractivity contribution in [3.63, 3.8) is 0 Å². The molecule has 17 heteroatoms. The van der Waals surface area contributed by atoms with E-state index in [0.29, 0.717) is 114 Å². The van der Waals surface area contributed by atoms with Gasteiger partial charge < -0.3 is 29.8 Å². The maximum absolute atomic E-state index is 12.9. The first-order chi connectivity index (χ1) is 29.7. The van der Waals surface area contributed by atoms with E-state index in [2.05, 4.69) is 41.7 Å². The summed E-state index contributed by atoms with van der Waals surface area (Å²) in [5.74, 6) is -0.219. The highest BCUT2D eigenvalue weighted by Crippen LogP contribution is 2.27. The van der Waals surface area contributed by atoms with Gasteiger partial charge in [0.15, 0.2) is 0 Å². The molecule has 4 fully saturated rings. The van der Waals surface area contributed by atoms with E-state index in [-0.39, 0.29) is 42.3 Å². The molecule has 4 atom stereocenters. The molecule has 4 aliphatic heterocycles. The molecule has 4 aromatic rings. The van der Waals surface area contributed by atoms with Gasteiger partial charge in [0.1, 0.15) is 0 Å². The fourth-order valence-electron chi connectivity index (χ4n) is 8.42. The van der Waals surface area contributed by atoms with E-state index in [1.54, 1.807) is 82.6 Å². The molecule has 4 heterocycles. The molecule has 328 valence electrons. The Balaban J connectivity index is 0.000000186. The fraction of sp³-hybridized carbons (Fsp3) is 0.378. The van der Waals surface area contributed by atoms with Crippen molar-refractivity contribution in [2.45, 2.75) is 31.2 Å². The third kappa shape index (κ3) is 10.8. The van der Waals surface area contributed by atoms with Crippen LogP contribution in [0.2, 0.25) is 15.1 Å². The zero-order chi connectivity index (χ0) is 44.2. The summed E-state index contributed by atoms with van der Waals surface area (Å²) in [7, 11) is 0. The number of piperazine rings is 2. The highest BCUT2D eigenvalue weighted by atomic mass is 79.9. The number of aliphatic hydroxyl groups is 2. The molecule has 12 nitrogen and oxygen atoms in total. The first-order valence-electron chi connectivity index (χ1n) is 20.4. The molecule has 62 heavy (non-hydrogen) atoms. The number of nitrogens with zero attached hydrogens (tertiary/aromatic N) is 6. The molecular weight excluding hydrogens is 987 g/mol. The van der Waals surface area contributed by atoms with E-state index in [9.17, 15) is 29.4 Å². The van der Waals surface area contributed by atoms with Crippen LogP contribution < -0.4 is 0 Å². The fourth-order valence-corrected chi connectivity index (χ4v) is 9.42. The van der Waals surface area contributed by atoms with Crippen molar-refractivity contribution in [1.29, 1.82) is 0 Å². The Hall–Kier alpha value is -3.57. The number of hydrogen-bond acceptors (Lipinski definition) is 8. The van der Waals surface area contributed by atoms with E-state index in [1.807, 2.05) is 28.9 Å². The Bertz CT molecular complexity index is 2120. The smallest absolute Gasteiger partial charge is 0.254 e. The summed E-state index contributed by atoms with van der Waals surface area (Å²) in [6, 6.07) is 24.2. The molecule has 4 aliphatic rings. The number of halogens is 5. The summed E-state index contributed by atoms with van der Waals surface area (Å²) in [5, 5.41) is 23.0. The maximum atomic E-state index is 12.9. The lowest BCUT2D eigenvalue weighted by Gasteiger charge is -2.38. The minimum absolute atomic E-state index is 0.00861. The summed E-state index contributed by atoms with van der Waals surface area (Å²) < 4.78 is 1.63. The van der Waals surface area contributed by atoms with Gasteiger partial charge in [-0.15, -0.1) is 0 Å². The lowest BCUT2D eigenvalue weighted by molar-refractivity contribution is 0.0370. The number of hydrogen-bond donors (Lipinski definition) is 2. The summed E-state index contributed by atoms with van der Waals surface area (Å²) in [6.07, 6.45) is -1.22. The van der Waals surface area contributed by atoms with Crippen LogP contribution >= 0.6 is 66.7 Å². The van der Waals surface area contributed by atoms with Gasteiger partial charge in [-0.2, -0.15) is 0 Å². The third-order valence-electron chi connectivity index (χ3n) is 12.0. The van der Waals surface area contributed by atoms with Crippen LogP contribution in [0.15, 0.2) is 93.9 Å². The molecular formula is C45H47Br2Cl3N6O6. The Kier molecular flexibility index (Phi) is 15.4. The van der Waals surface area contributed by atoms with E-state index in [1.165, 1.54) is 0 Å². The second-order valence-corrected chi connectivity index (χ2v) is 18.9. The monoisotopic (exact) mass is 1030 g/mol. The van der Waals surface area contributed by atoms with Crippen molar-refractivity contribution in [3.05, 3.63) is 137 Å². The molecule has 0 aliphatic carbocycles. The zero-order valence-corrected chi connectivity index (χ0v) is 39.4. The lowest BCUT2D eigenvalue weighted by Crippen LogP contribution is -2.54. The van der Waals surface area contributed by atoms with Gasteiger partial charge in [-0.05, 0) is 113 Å². The molecule has 0 radical (unpaired) electrons. The van der Waals surface area contributed by atoms with Crippen molar-refractivity contribution in [1.82, 2.24) is 29.4 Å². The summed E-state index contributed by atoms with van der Waals surface area (Å²) >= 11 is 24.6. The first kappa shape index (κ1) is 46.4. The molecule has 0 saturated carbocycles. The molecule has 4 unspecified atom stereocenters. The van der Waals surface area contributed by atoms with Gasteiger partial charge in [-0.1, -0.05) is 50.7 Å². The van der Waals surface area contributed by atoms with Crippen LogP contribution in [0.4, 0.5) is 0 Å². The molecule has 0 aromatic heterocycles. The highest BCUT2D eigenvalue weighted by Gasteiger charge is 2.41. The molecule has 8 rings (SSSR count). The first-order valence-corrected chi connectivity index (χ1v) is 23.1. The van der Waals surface area contributed by atoms with E-state index in [0.717, 1.165) is 10.0 Å². The van der Waals surface area contributed by atoms with Crippen LogP contribution in [-0.4, -0.2) is 166 Å². The number of aliphatic hydroxyl groups excluding tert-OH is 2. The van der Waals surface area contributed by atoms with Gasteiger partial charge >= 0.3 is 0 Å². The molecule has 0 spiro atoms. The maximum Gasteiger partial charge on any atom is 0.254 e. The molecule has 4 aromatic carbocycles. The van der Waals surface area contributed by atoms with E-state index >= 15 is 0 Å². The van der Waals surface area contributed by atoms with Crippen molar-refractivity contribution in [2.75, 3.05) is 78.5 Å². The van der Waals surface area contributed by atoms with Gasteiger partial charge in [0.2, 0.25) is 0 Å². The van der Waals surface area contributed by atoms with E-state index < -0.39 is 12.2 Å². The second kappa shape index (κ2) is 20.5. The Morgan fingerprint density at radius 2 is 0.855 bits per heavy atom. The average Bonchev–Trinajstić information content (AvgIpc) is 3.87. The molecule has 4 amide bonds. The Morgan fingerprint density at radius 3 is 1.26 bits per heavy atom. The summed E-state index contributed by atoms with van der Waals surface area (Å²) in [5.41, 5.74) is 3.41. The van der Waals surface area contributed by atoms with E-state index in [4.69, 9.17) is 34.8 Å². The van der Waals surface area contributed by atoms with Gasteiger partial charge in [-0.25, -0.2) is 0 Å². The van der Waals surface area contributed by atoms with Gasteiger partial charge in [-0.3, -0.25) is 29.0 Å². The average molecular weight is 1030 g/mol. The van der Waals surface area contributed by atoms with Crippen LogP contribution in [0.5, 0.6) is 0 Å². The summed E-state index contributed by atoms with van der Waals surface area (Å²) in [6.45, 7) is 8.45. The van der Waals surface area contributed by atoms with Crippen molar-refractivity contribution in [3.8, 4) is 0 Å². The third-order valence-corrected chi connectivity index (χ3v) is 14.6. The number of carbonyl (C=O) groups is 4. The summed E-state index contributed by atoms with van der Waals surface area (Å²) in [4.78, 5) is 62.6. The van der Waals surface area contributed by atoms with Gasteiger partial charge in [0, 0.05) is 120 Å². The van der Waals surface area contributed by atoms with Crippen molar-refractivity contribution >= 4 is 90.3 Å². The predicted molar refractivity (Wildman–Crippen MR) is 247 cm³/mol. The normalized spacial score (nSPS) is 22.1. The lowest BCUT2D eigenvalue weighted by atomic mass is 10.1. The zero-order valence-electron chi connectivity index (χ0n) is 34.0. The van der Waals surface area contributed by atoms with Crippen LogP contribution in [-0.2, 0) is 0 Å². The van der Waals surface area contributed by atoms with Crippen LogP contribution in [0.1, 0.15) is 47.0 Å². The quantitative estimate of drug-likeness (QED) is 0.226. The van der Waals surface area contributed by atoms with Crippen molar-refractivity contribution < 1.29 is 29.4 Å². The largest absolute Gasteiger partial charge is 0.390 e. The molecule has 4 saturated heterocycles. The molecule has 2 N–H and O–H groups in total. The minimum Gasteiger partial charge on any atom is -0.390 e. The number of carbonyl (C=O) groups excluding carboxylic acids is 4. The van der Waals surface area contributed by atoms with Crippen LogP contribution in [0.3, 0.4) is 0 Å². The van der Waals surface area contributed by atoms with Crippen molar-refractivity contribution in [2.24, 2.45) is 0 Å². The SMILES string of the molecule is Cc1cc(C(=O)N2CC(O)C(N3CCN(C(=O)c4ccc(Cl)cc4)CC3)C2)ccc1Br.O=C(c1ccc(Cl)cc1)N1CCN(C2CN(C(=O)c3ccc(Cl)c(Br)c3)CC2O)CC1. The number of β-amino-alcohol motifs (C(OH)–C–C–N with tert-alkyl or cyclic N) is 2. The van der Waals surface area contributed by atoms with Crippen LogP contribution in [0, 0.1) is 6.92 Å². The van der Waals surface area contributed by atoms with Gasteiger partial charge in [0.25, 0.3) is 23.6 Å². The number of amides is 4. The second-order valence-electron chi connectivity index (χ2n) is 16.0. The number of aryl methyl sites for hydroxylation is 1. The number of benzene rings is 4. The van der Waals surface area contributed by atoms with Gasteiger partial charge in [0.05, 0.1) is 29.3 Å². The highest BCUT2D eigenvalue weighted by molar-refractivity contribution is 9.10. The predicted octanol–water partition coefficient (Wildman–Crippen LogP) is 6.45. The number of rotatable bonds is 6. The topological polar surface area (TPSA) is 128 Å². The standard InChI is InChI=1S/C23H25BrClN3O3.C22H22BrCl2N3O3/c1-15-12-17(4-7-19(15)24)23(31)28-13-20(21(29)14-28)26-8-10-27(11-9-26)22(30)16-2-5-18(25)6-3-16;23-17-11-15(3-6-18(17)25)22(31)28-12-19(20(29)13-28)26-7-9-27(10-8-26)21(30)14-1-4-16(24)5-2-14/h2-7,12,20-21,29H,8-11,13-14H2,1H3;1-6,11,19-20,29H,7-10,12-13H2. The number of likely N-dealkylation sites (tertiary alicyclic amines) is 2. The minimum atomic E-state index is -0.627. The van der Waals surface area contributed by atoms with Crippen LogP contribution in [0.25, 0.3) is 0 Å².